The Morgan fingerprint density at radius 2 is 1.56 bits per heavy atom. The van der Waals surface area contributed by atoms with Crippen LogP contribution in [0, 0.1) is 5.92 Å². The highest BCUT2D eigenvalue weighted by Crippen LogP contribution is 2.18. The van der Waals surface area contributed by atoms with Gasteiger partial charge in [-0.1, -0.05) is 58.0 Å². The molecule has 2 unspecified atom stereocenters. The van der Waals surface area contributed by atoms with Crippen LogP contribution in [0.4, 0.5) is 0 Å². The van der Waals surface area contributed by atoms with Crippen LogP contribution in [0.25, 0.3) is 0 Å². The molecule has 0 saturated heterocycles. The van der Waals surface area contributed by atoms with E-state index < -0.39 is 34.0 Å². The van der Waals surface area contributed by atoms with Crippen LogP contribution in [0.2, 0.25) is 0 Å². The maximum Gasteiger partial charge on any atom is 0.253 e. The molecule has 0 fully saturated rings. The first-order chi connectivity index (χ1) is 19.3. The minimum absolute atomic E-state index is 0.000189. The van der Waals surface area contributed by atoms with E-state index in [9.17, 15) is 27.9 Å². The van der Waals surface area contributed by atoms with E-state index in [1.165, 1.54) is 17.1 Å². The van der Waals surface area contributed by atoms with Gasteiger partial charge in [0.15, 0.2) is 0 Å². The predicted octanol–water partition coefficient (Wildman–Crippen LogP) is 1.92. The number of primary sulfonamides is 1. The average Bonchev–Trinajstić information content (AvgIpc) is 2.91. The Labute approximate surface area is 243 Å². The highest BCUT2D eigenvalue weighted by molar-refractivity contribution is 7.89. The molecule has 2 aromatic rings. The van der Waals surface area contributed by atoms with Crippen LogP contribution < -0.4 is 15.9 Å². The van der Waals surface area contributed by atoms with Crippen molar-refractivity contribution >= 4 is 27.7 Å². The third-order valence-electron chi connectivity index (χ3n) is 6.38. The molecule has 2 rings (SSSR count). The number of benzene rings is 2. The van der Waals surface area contributed by atoms with Crippen LogP contribution in [0.1, 0.15) is 66.8 Å². The first-order valence-electron chi connectivity index (χ1n) is 13.8. The maximum absolute atomic E-state index is 13.5. The van der Waals surface area contributed by atoms with Gasteiger partial charge in [0.1, 0.15) is 0 Å². The lowest BCUT2D eigenvalue weighted by Gasteiger charge is -2.29. The van der Waals surface area contributed by atoms with Crippen LogP contribution in [-0.4, -0.2) is 80.0 Å². The summed E-state index contributed by atoms with van der Waals surface area (Å²) in [6.07, 6.45) is 0.544. The van der Waals surface area contributed by atoms with Gasteiger partial charge in [0.05, 0.1) is 17.0 Å². The summed E-state index contributed by atoms with van der Waals surface area (Å²) in [6, 6.07) is 12.0. The molecule has 11 nitrogen and oxygen atoms in total. The maximum atomic E-state index is 13.5. The SMILES string of the molecule is CCCN(CCC)C(=O)c1cc(C(=O)NC(Cc2ccccc2)C(O)CN(C)NC(=O)C(C)C)cc(S(N)(=O)=O)c1. The molecule has 0 heterocycles. The second kappa shape index (κ2) is 15.6. The molecular formula is C29H43N5O6S. The highest BCUT2D eigenvalue weighted by Gasteiger charge is 2.26. The molecule has 5 N–H and O–H groups in total. The summed E-state index contributed by atoms with van der Waals surface area (Å²) in [4.78, 5) is 40.1. The van der Waals surface area contributed by atoms with Gasteiger partial charge in [-0.3, -0.25) is 19.8 Å². The van der Waals surface area contributed by atoms with E-state index in [2.05, 4.69) is 10.7 Å². The molecular weight excluding hydrogens is 546 g/mol. The molecule has 0 radical (unpaired) electrons. The summed E-state index contributed by atoms with van der Waals surface area (Å²) in [6.45, 7) is 8.30. The van der Waals surface area contributed by atoms with Crippen molar-refractivity contribution in [2.45, 2.75) is 64.0 Å². The lowest BCUT2D eigenvalue weighted by Crippen LogP contribution is -2.52. The van der Waals surface area contributed by atoms with E-state index in [0.29, 0.717) is 25.9 Å². The van der Waals surface area contributed by atoms with Gasteiger partial charge in [-0.25, -0.2) is 18.6 Å². The number of hydrogen-bond donors (Lipinski definition) is 4. The summed E-state index contributed by atoms with van der Waals surface area (Å²) in [7, 11) is -2.63. The zero-order valence-electron chi connectivity index (χ0n) is 24.5. The van der Waals surface area contributed by atoms with Crippen molar-refractivity contribution in [1.82, 2.24) is 20.7 Å². The smallest absolute Gasteiger partial charge is 0.253 e. The summed E-state index contributed by atoms with van der Waals surface area (Å²) in [5.41, 5.74) is 3.47. The molecule has 0 bridgehead atoms. The van der Waals surface area contributed by atoms with Gasteiger partial charge in [-0.15, -0.1) is 0 Å². The first-order valence-corrected chi connectivity index (χ1v) is 15.3. The molecule has 226 valence electrons. The Kier molecular flexibility index (Phi) is 12.9. The predicted molar refractivity (Wildman–Crippen MR) is 157 cm³/mol. The fourth-order valence-corrected chi connectivity index (χ4v) is 4.81. The average molecular weight is 590 g/mol. The summed E-state index contributed by atoms with van der Waals surface area (Å²) in [5, 5.41) is 20.8. The largest absolute Gasteiger partial charge is 0.390 e. The molecule has 12 heteroatoms. The minimum atomic E-state index is -4.24. The first kappa shape index (κ1) is 33.9. The van der Waals surface area contributed by atoms with Crippen molar-refractivity contribution in [2.75, 3.05) is 26.7 Å². The molecule has 3 amide bonds. The summed E-state index contributed by atoms with van der Waals surface area (Å²) in [5.74, 6) is -1.57. The van der Waals surface area contributed by atoms with E-state index in [0.717, 1.165) is 11.6 Å². The fourth-order valence-electron chi connectivity index (χ4n) is 4.23. The van der Waals surface area contributed by atoms with Gasteiger partial charge < -0.3 is 15.3 Å². The summed E-state index contributed by atoms with van der Waals surface area (Å²) >= 11 is 0. The number of hydrogen-bond acceptors (Lipinski definition) is 7. The zero-order valence-corrected chi connectivity index (χ0v) is 25.3. The van der Waals surface area contributed by atoms with Crippen LogP contribution in [-0.2, 0) is 21.2 Å². The number of hydrazine groups is 1. The quantitative estimate of drug-likeness (QED) is 0.231. The van der Waals surface area contributed by atoms with Gasteiger partial charge in [0.25, 0.3) is 11.8 Å². The Bertz CT molecular complexity index is 1280. The molecule has 0 saturated carbocycles. The Morgan fingerprint density at radius 3 is 2.10 bits per heavy atom. The second-order valence-corrected chi connectivity index (χ2v) is 12.0. The van der Waals surface area contributed by atoms with Crippen molar-refractivity contribution < 1.29 is 27.9 Å². The number of sulfonamides is 1. The van der Waals surface area contributed by atoms with E-state index in [1.807, 2.05) is 44.2 Å². The number of carbonyl (C=O) groups excluding carboxylic acids is 3. The molecule has 2 atom stereocenters. The van der Waals surface area contributed by atoms with Gasteiger partial charge in [0, 0.05) is 43.7 Å². The van der Waals surface area contributed by atoms with Gasteiger partial charge in [0.2, 0.25) is 15.9 Å². The molecule has 0 aliphatic rings. The van der Waals surface area contributed by atoms with Crippen molar-refractivity contribution in [1.29, 1.82) is 0 Å². The van der Waals surface area contributed by atoms with Gasteiger partial charge >= 0.3 is 0 Å². The molecule has 0 aromatic heterocycles. The topological polar surface area (TPSA) is 162 Å². The van der Waals surface area contributed by atoms with E-state index in [1.54, 1.807) is 25.8 Å². The van der Waals surface area contributed by atoms with Crippen molar-refractivity contribution in [3.05, 3.63) is 65.2 Å². The number of nitrogens with one attached hydrogen (secondary N) is 2. The number of aliphatic hydroxyl groups excluding tert-OH is 1. The zero-order chi connectivity index (χ0) is 30.7. The third kappa shape index (κ3) is 10.5. The van der Waals surface area contributed by atoms with Crippen molar-refractivity contribution in [3.8, 4) is 0 Å². The third-order valence-corrected chi connectivity index (χ3v) is 7.28. The van der Waals surface area contributed by atoms with Crippen LogP contribution in [0.3, 0.4) is 0 Å². The number of nitrogens with two attached hydrogens (primary N) is 1. The van der Waals surface area contributed by atoms with Crippen LogP contribution in [0.15, 0.2) is 53.4 Å². The molecule has 0 spiro atoms. The minimum Gasteiger partial charge on any atom is -0.390 e. The number of nitrogens with zero attached hydrogens (tertiary/aromatic N) is 2. The molecule has 0 aliphatic heterocycles. The van der Waals surface area contributed by atoms with E-state index >= 15 is 0 Å². The number of carbonyl (C=O) groups is 3. The number of rotatable bonds is 15. The Morgan fingerprint density at radius 1 is 0.976 bits per heavy atom. The van der Waals surface area contributed by atoms with E-state index in [4.69, 9.17) is 5.14 Å². The Hall–Kier alpha value is -3.32. The lowest BCUT2D eigenvalue weighted by molar-refractivity contribution is -0.129. The van der Waals surface area contributed by atoms with Crippen molar-refractivity contribution in [2.24, 2.45) is 11.1 Å². The molecule has 0 aliphatic carbocycles. The monoisotopic (exact) mass is 589 g/mol. The van der Waals surface area contributed by atoms with Gasteiger partial charge in [-0.2, -0.15) is 0 Å². The lowest BCUT2D eigenvalue weighted by atomic mass is 10.00. The van der Waals surface area contributed by atoms with Crippen LogP contribution >= 0.6 is 0 Å². The number of aliphatic hydroxyl groups is 1. The fraction of sp³-hybridized carbons (Fsp3) is 0.483. The normalized spacial score (nSPS) is 13.1. The van der Waals surface area contributed by atoms with Crippen LogP contribution in [0.5, 0.6) is 0 Å². The van der Waals surface area contributed by atoms with Gasteiger partial charge in [-0.05, 0) is 43.0 Å². The van der Waals surface area contributed by atoms with E-state index in [-0.39, 0.29) is 40.8 Å². The summed E-state index contributed by atoms with van der Waals surface area (Å²) < 4.78 is 24.5. The highest BCUT2D eigenvalue weighted by atomic mass is 32.2. The molecule has 41 heavy (non-hydrogen) atoms. The standard InChI is InChI=1S/C29H43N5O6S/c1-6-13-34(14-7-2)29(38)23-16-22(17-24(18-23)41(30,39)40)28(37)31-25(15-21-11-9-8-10-12-21)26(35)19-33(5)32-27(36)20(3)4/h8-12,16-18,20,25-26,35H,6-7,13-15,19H2,1-5H3,(H,31,37)(H,32,36)(H2,30,39,40). The second-order valence-electron chi connectivity index (χ2n) is 10.4. The Balaban J connectivity index is 2.42. The molecule has 2 aromatic carbocycles. The number of likely N-dealkylation sites (N-methyl/N-ethyl adjacent to an activating group) is 1. The number of amides is 3. The van der Waals surface area contributed by atoms with Crippen molar-refractivity contribution in [3.63, 3.8) is 0 Å².